The van der Waals surface area contributed by atoms with Gasteiger partial charge in [0.1, 0.15) is 11.5 Å². The second-order valence-electron chi connectivity index (χ2n) is 4.69. The summed E-state index contributed by atoms with van der Waals surface area (Å²) in [5, 5.41) is 17.3. The summed E-state index contributed by atoms with van der Waals surface area (Å²) in [4.78, 5) is 11.1. The molecule has 0 aliphatic heterocycles. The summed E-state index contributed by atoms with van der Waals surface area (Å²) in [6, 6.07) is 3.15. The van der Waals surface area contributed by atoms with Crippen molar-refractivity contribution in [1.82, 2.24) is 14.6 Å². The number of carboxylic acids is 1. The van der Waals surface area contributed by atoms with E-state index in [1.165, 1.54) is 12.3 Å². The second-order valence-corrected chi connectivity index (χ2v) is 4.69. The highest BCUT2D eigenvalue weighted by molar-refractivity contribution is 5.87. The Kier molecular flexibility index (Phi) is 2.60. The van der Waals surface area contributed by atoms with Crippen molar-refractivity contribution in [3.8, 4) is 11.4 Å². The predicted molar refractivity (Wildman–Crippen MR) is 71.9 cm³/mol. The van der Waals surface area contributed by atoms with E-state index >= 15 is 0 Å². The maximum absolute atomic E-state index is 11.1. The lowest BCUT2D eigenvalue weighted by Crippen LogP contribution is -2.00. The fourth-order valence-corrected chi connectivity index (χ4v) is 2.31. The van der Waals surface area contributed by atoms with E-state index in [0.29, 0.717) is 11.5 Å². The molecule has 6 heteroatoms. The lowest BCUT2D eigenvalue weighted by molar-refractivity contribution is 0.0696. The predicted octanol–water partition coefficient (Wildman–Crippen LogP) is 2.61. The van der Waals surface area contributed by atoms with Gasteiger partial charge in [-0.25, -0.2) is 4.79 Å². The molecule has 0 fully saturated rings. The molecule has 0 saturated heterocycles. The molecule has 0 saturated carbocycles. The van der Waals surface area contributed by atoms with Gasteiger partial charge in [0.05, 0.1) is 11.1 Å². The van der Waals surface area contributed by atoms with Crippen LogP contribution in [0.5, 0.6) is 0 Å². The Morgan fingerprint density at radius 1 is 1.20 bits per heavy atom. The molecule has 3 aromatic heterocycles. The van der Waals surface area contributed by atoms with Crippen LogP contribution in [0.3, 0.4) is 0 Å². The van der Waals surface area contributed by atoms with E-state index in [1.54, 1.807) is 10.5 Å². The summed E-state index contributed by atoms with van der Waals surface area (Å²) in [6.07, 6.45) is 1.52. The Balaban J connectivity index is 2.31. The van der Waals surface area contributed by atoms with Gasteiger partial charge in [0, 0.05) is 11.8 Å². The number of carboxylic acid groups (broad SMARTS) is 1. The molecular formula is C14H13N3O3. The van der Waals surface area contributed by atoms with Crippen LogP contribution in [0.4, 0.5) is 0 Å². The van der Waals surface area contributed by atoms with Crippen LogP contribution in [-0.2, 0) is 0 Å². The van der Waals surface area contributed by atoms with Gasteiger partial charge in [-0.2, -0.15) is 0 Å². The van der Waals surface area contributed by atoms with E-state index in [2.05, 4.69) is 10.2 Å². The van der Waals surface area contributed by atoms with Crippen molar-refractivity contribution < 1.29 is 14.3 Å². The van der Waals surface area contributed by atoms with Gasteiger partial charge in [0.15, 0.2) is 11.5 Å². The third-order valence-electron chi connectivity index (χ3n) is 3.43. The molecule has 0 spiro atoms. The summed E-state index contributed by atoms with van der Waals surface area (Å²) in [5.41, 5.74) is 2.63. The summed E-state index contributed by atoms with van der Waals surface area (Å²) < 4.78 is 7.27. The second kappa shape index (κ2) is 4.19. The molecule has 3 heterocycles. The summed E-state index contributed by atoms with van der Waals surface area (Å²) in [7, 11) is 0. The van der Waals surface area contributed by atoms with E-state index in [1.807, 2.05) is 20.8 Å². The first-order valence-electron chi connectivity index (χ1n) is 6.14. The number of hydrogen-bond donors (Lipinski definition) is 1. The van der Waals surface area contributed by atoms with Gasteiger partial charge >= 0.3 is 5.97 Å². The average Bonchev–Trinajstić information content (AvgIpc) is 2.91. The molecule has 3 aromatic rings. The zero-order valence-electron chi connectivity index (χ0n) is 11.3. The molecule has 0 unspecified atom stereocenters. The van der Waals surface area contributed by atoms with E-state index in [0.717, 1.165) is 22.6 Å². The Hall–Kier alpha value is -2.63. The minimum absolute atomic E-state index is 0.189. The largest absolute Gasteiger partial charge is 0.478 e. The standard InChI is InChI=1S/C14H13N3O3/c1-7-8(2)20-9(3)12(7)13-16-15-11-5-4-10(14(18)19)6-17(11)13/h4-6H,1-3H3,(H,18,19). The van der Waals surface area contributed by atoms with Crippen molar-refractivity contribution in [1.29, 1.82) is 0 Å². The number of aromatic carboxylic acids is 1. The molecule has 102 valence electrons. The Labute approximate surface area is 114 Å². The highest BCUT2D eigenvalue weighted by Gasteiger charge is 2.19. The molecular weight excluding hydrogens is 258 g/mol. The quantitative estimate of drug-likeness (QED) is 0.774. The summed E-state index contributed by atoms with van der Waals surface area (Å²) in [5.74, 6) is 1.18. The normalized spacial score (nSPS) is 11.2. The van der Waals surface area contributed by atoms with Crippen LogP contribution in [0.1, 0.15) is 27.4 Å². The number of aryl methyl sites for hydroxylation is 2. The van der Waals surface area contributed by atoms with Crippen LogP contribution in [-0.4, -0.2) is 25.7 Å². The first-order valence-corrected chi connectivity index (χ1v) is 6.14. The molecule has 0 amide bonds. The summed E-state index contributed by atoms with van der Waals surface area (Å²) in [6.45, 7) is 5.69. The molecule has 0 bridgehead atoms. The molecule has 0 aliphatic rings. The van der Waals surface area contributed by atoms with Crippen LogP contribution in [0.25, 0.3) is 17.0 Å². The number of carbonyl (C=O) groups is 1. The number of aromatic nitrogens is 3. The zero-order valence-corrected chi connectivity index (χ0v) is 11.3. The molecule has 0 aliphatic carbocycles. The highest BCUT2D eigenvalue weighted by atomic mass is 16.4. The minimum Gasteiger partial charge on any atom is -0.478 e. The van der Waals surface area contributed by atoms with Gasteiger partial charge in [-0.05, 0) is 32.9 Å². The van der Waals surface area contributed by atoms with Crippen molar-refractivity contribution in [2.24, 2.45) is 0 Å². The Morgan fingerprint density at radius 2 is 1.95 bits per heavy atom. The number of fused-ring (bicyclic) bond motifs is 1. The van der Waals surface area contributed by atoms with Crippen LogP contribution in [0, 0.1) is 20.8 Å². The van der Waals surface area contributed by atoms with E-state index in [9.17, 15) is 4.79 Å². The molecule has 0 radical (unpaired) electrons. The van der Waals surface area contributed by atoms with Crippen LogP contribution in [0.15, 0.2) is 22.7 Å². The number of furan rings is 1. The topological polar surface area (TPSA) is 80.6 Å². The summed E-state index contributed by atoms with van der Waals surface area (Å²) >= 11 is 0. The molecule has 0 aromatic carbocycles. The molecule has 1 N–H and O–H groups in total. The van der Waals surface area contributed by atoms with Crippen LogP contribution >= 0.6 is 0 Å². The fourth-order valence-electron chi connectivity index (χ4n) is 2.31. The first-order chi connectivity index (χ1) is 9.49. The fraction of sp³-hybridized carbons (Fsp3) is 0.214. The SMILES string of the molecule is Cc1oc(C)c(-c2nnc3ccc(C(=O)O)cn23)c1C. The van der Waals surface area contributed by atoms with E-state index in [4.69, 9.17) is 9.52 Å². The average molecular weight is 271 g/mol. The van der Waals surface area contributed by atoms with Crippen molar-refractivity contribution in [2.75, 3.05) is 0 Å². The molecule has 6 nitrogen and oxygen atoms in total. The van der Waals surface area contributed by atoms with Gasteiger partial charge in [-0.3, -0.25) is 4.40 Å². The smallest absolute Gasteiger partial charge is 0.337 e. The number of pyridine rings is 1. The lowest BCUT2D eigenvalue weighted by atomic mass is 10.1. The van der Waals surface area contributed by atoms with Crippen LogP contribution in [0.2, 0.25) is 0 Å². The molecule has 20 heavy (non-hydrogen) atoms. The van der Waals surface area contributed by atoms with E-state index < -0.39 is 5.97 Å². The highest BCUT2D eigenvalue weighted by Crippen LogP contribution is 2.30. The third-order valence-corrected chi connectivity index (χ3v) is 3.43. The Morgan fingerprint density at radius 3 is 2.55 bits per heavy atom. The number of hydrogen-bond acceptors (Lipinski definition) is 4. The van der Waals surface area contributed by atoms with Crippen molar-refractivity contribution in [3.05, 3.63) is 41.0 Å². The third kappa shape index (κ3) is 1.69. The number of nitrogens with zero attached hydrogens (tertiary/aromatic N) is 3. The maximum atomic E-state index is 11.1. The van der Waals surface area contributed by atoms with E-state index in [-0.39, 0.29) is 5.56 Å². The van der Waals surface area contributed by atoms with Gasteiger partial charge in [0.25, 0.3) is 0 Å². The molecule has 0 atom stereocenters. The number of rotatable bonds is 2. The zero-order chi connectivity index (χ0) is 14.4. The monoisotopic (exact) mass is 271 g/mol. The van der Waals surface area contributed by atoms with Crippen molar-refractivity contribution in [2.45, 2.75) is 20.8 Å². The Bertz CT molecular complexity index is 830. The molecule has 3 rings (SSSR count). The first kappa shape index (κ1) is 12.4. The van der Waals surface area contributed by atoms with Crippen molar-refractivity contribution >= 4 is 11.6 Å². The van der Waals surface area contributed by atoms with Gasteiger partial charge in [-0.15, -0.1) is 10.2 Å². The minimum atomic E-state index is -0.983. The lowest BCUT2D eigenvalue weighted by Gasteiger charge is -2.01. The van der Waals surface area contributed by atoms with Gasteiger partial charge < -0.3 is 9.52 Å². The maximum Gasteiger partial charge on any atom is 0.337 e. The van der Waals surface area contributed by atoms with Gasteiger partial charge in [-0.1, -0.05) is 0 Å². The van der Waals surface area contributed by atoms with Gasteiger partial charge in [0.2, 0.25) is 0 Å². The van der Waals surface area contributed by atoms with Crippen LogP contribution < -0.4 is 0 Å². The van der Waals surface area contributed by atoms with Crippen molar-refractivity contribution in [3.63, 3.8) is 0 Å².